The predicted molar refractivity (Wildman–Crippen MR) is 61.2 cm³/mol. The minimum Gasteiger partial charge on any atom is -0.198 e. The third-order valence-corrected chi connectivity index (χ3v) is 2.34. The molecule has 2 rings (SSSR count). The summed E-state index contributed by atoms with van der Waals surface area (Å²) >= 11 is 0. The average molecular weight is 193 g/mol. The summed E-state index contributed by atoms with van der Waals surface area (Å²) in [7, 11) is 0. The summed E-state index contributed by atoms with van der Waals surface area (Å²) in [6.07, 6.45) is 0.481. The first-order valence-corrected chi connectivity index (χ1v) is 4.91. The van der Waals surface area contributed by atoms with Gasteiger partial charge < -0.3 is 0 Å². The van der Waals surface area contributed by atoms with Gasteiger partial charge in [0.05, 0.1) is 12.5 Å². The minimum absolute atomic E-state index is 0.481. The molecule has 0 saturated heterocycles. The monoisotopic (exact) mass is 193 g/mol. The fraction of sp³-hybridized carbons (Fsp3) is 0.0714. The second-order valence-corrected chi connectivity index (χ2v) is 3.40. The van der Waals surface area contributed by atoms with Crippen molar-refractivity contribution in [3.8, 4) is 17.2 Å². The fourth-order valence-corrected chi connectivity index (χ4v) is 1.54. The molecule has 0 aliphatic carbocycles. The Morgan fingerprint density at radius 1 is 0.800 bits per heavy atom. The molecule has 1 nitrogen and oxygen atoms in total. The lowest BCUT2D eigenvalue weighted by Crippen LogP contribution is -1.81. The number of benzene rings is 2. The molecule has 0 atom stereocenters. The zero-order chi connectivity index (χ0) is 10.5. The molecule has 0 aliphatic heterocycles. The largest absolute Gasteiger partial charge is 0.198 e. The van der Waals surface area contributed by atoms with E-state index >= 15 is 0 Å². The first kappa shape index (κ1) is 9.48. The molecule has 0 radical (unpaired) electrons. The quantitative estimate of drug-likeness (QED) is 0.716. The molecule has 2 aromatic carbocycles. The van der Waals surface area contributed by atoms with E-state index < -0.39 is 0 Å². The van der Waals surface area contributed by atoms with Gasteiger partial charge in [-0.25, -0.2) is 0 Å². The lowest BCUT2D eigenvalue weighted by Gasteiger charge is -2.01. The summed E-state index contributed by atoms with van der Waals surface area (Å²) in [4.78, 5) is 0. The molecule has 0 heterocycles. The van der Waals surface area contributed by atoms with Crippen molar-refractivity contribution in [1.82, 2.24) is 0 Å². The van der Waals surface area contributed by atoms with Crippen LogP contribution in [-0.2, 0) is 6.42 Å². The van der Waals surface area contributed by atoms with E-state index in [1.54, 1.807) is 0 Å². The van der Waals surface area contributed by atoms with Crippen molar-refractivity contribution in [3.05, 3.63) is 60.2 Å². The smallest absolute Gasteiger partial charge is 0.0669 e. The van der Waals surface area contributed by atoms with Crippen LogP contribution in [0, 0.1) is 11.3 Å². The van der Waals surface area contributed by atoms with Crippen LogP contribution < -0.4 is 0 Å². The minimum atomic E-state index is 0.481. The Morgan fingerprint density at radius 3 is 2.00 bits per heavy atom. The van der Waals surface area contributed by atoms with E-state index in [2.05, 4.69) is 30.3 Å². The maximum Gasteiger partial charge on any atom is 0.0669 e. The van der Waals surface area contributed by atoms with Crippen molar-refractivity contribution in [2.75, 3.05) is 0 Å². The van der Waals surface area contributed by atoms with Gasteiger partial charge in [-0.05, 0) is 16.7 Å². The molecular formula is C14H11N. The second-order valence-electron chi connectivity index (χ2n) is 3.40. The number of rotatable bonds is 2. The molecule has 15 heavy (non-hydrogen) atoms. The van der Waals surface area contributed by atoms with Gasteiger partial charge in [-0.3, -0.25) is 0 Å². The molecule has 0 fully saturated rings. The summed E-state index contributed by atoms with van der Waals surface area (Å²) in [5.74, 6) is 0. The molecule has 0 spiro atoms. The standard InChI is InChI=1S/C14H11N/c15-11-10-12-6-8-14(9-7-12)13-4-2-1-3-5-13/h1-9H,10H2. The van der Waals surface area contributed by atoms with E-state index in [0.717, 1.165) is 5.56 Å². The van der Waals surface area contributed by atoms with Crippen LogP contribution in [0.15, 0.2) is 54.6 Å². The van der Waals surface area contributed by atoms with Gasteiger partial charge in [-0.2, -0.15) is 5.26 Å². The van der Waals surface area contributed by atoms with Crippen molar-refractivity contribution >= 4 is 0 Å². The Morgan fingerprint density at radius 2 is 1.40 bits per heavy atom. The highest BCUT2D eigenvalue weighted by molar-refractivity contribution is 5.63. The van der Waals surface area contributed by atoms with Crippen molar-refractivity contribution in [3.63, 3.8) is 0 Å². The summed E-state index contributed by atoms with van der Waals surface area (Å²) in [6.45, 7) is 0. The summed E-state index contributed by atoms with van der Waals surface area (Å²) in [5, 5.41) is 8.56. The normalized spacial score (nSPS) is 9.53. The van der Waals surface area contributed by atoms with Gasteiger partial charge in [0, 0.05) is 0 Å². The highest BCUT2D eigenvalue weighted by Gasteiger charge is 1.96. The van der Waals surface area contributed by atoms with Gasteiger partial charge in [0.25, 0.3) is 0 Å². The van der Waals surface area contributed by atoms with Crippen LogP contribution >= 0.6 is 0 Å². The van der Waals surface area contributed by atoms with Crippen LogP contribution in [0.2, 0.25) is 0 Å². The zero-order valence-corrected chi connectivity index (χ0v) is 8.35. The van der Waals surface area contributed by atoms with Gasteiger partial charge in [0.1, 0.15) is 0 Å². The van der Waals surface area contributed by atoms with Crippen LogP contribution in [0.25, 0.3) is 11.1 Å². The van der Waals surface area contributed by atoms with Gasteiger partial charge in [0.15, 0.2) is 0 Å². The topological polar surface area (TPSA) is 23.8 Å². The maximum atomic E-state index is 8.56. The van der Waals surface area contributed by atoms with E-state index in [-0.39, 0.29) is 0 Å². The Bertz CT molecular complexity index is 463. The molecule has 72 valence electrons. The molecule has 0 saturated carbocycles. The highest BCUT2D eigenvalue weighted by Crippen LogP contribution is 2.19. The van der Waals surface area contributed by atoms with E-state index in [0.29, 0.717) is 6.42 Å². The fourth-order valence-electron chi connectivity index (χ4n) is 1.54. The van der Waals surface area contributed by atoms with Crippen LogP contribution in [0.1, 0.15) is 5.56 Å². The Labute approximate surface area is 89.6 Å². The Kier molecular flexibility index (Phi) is 2.80. The predicted octanol–water partition coefficient (Wildman–Crippen LogP) is 3.42. The average Bonchev–Trinajstić information content (AvgIpc) is 2.32. The van der Waals surface area contributed by atoms with E-state index in [9.17, 15) is 0 Å². The van der Waals surface area contributed by atoms with Gasteiger partial charge in [-0.15, -0.1) is 0 Å². The lowest BCUT2D eigenvalue weighted by molar-refractivity contribution is 1.26. The van der Waals surface area contributed by atoms with Crippen molar-refractivity contribution in [2.45, 2.75) is 6.42 Å². The van der Waals surface area contributed by atoms with Gasteiger partial charge in [-0.1, -0.05) is 54.6 Å². The molecule has 0 N–H and O–H groups in total. The SMILES string of the molecule is N#CCc1ccc(-c2ccccc2)cc1. The van der Waals surface area contributed by atoms with Gasteiger partial charge >= 0.3 is 0 Å². The molecule has 0 bridgehead atoms. The maximum absolute atomic E-state index is 8.56. The van der Waals surface area contributed by atoms with Crippen LogP contribution in [0.5, 0.6) is 0 Å². The molecule has 0 aromatic heterocycles. The van der Waals surface area contributed by atoms with Crippen LogP contribution in [0.3, 0.4) is 0 Å². The molecular weight excluding hydrogens is 182 g/mol. The van der Waals surface area contributed by atoms with Crippen molar-refractivity contribution < 1.29 is 0 Å². The van der Waals surface area contributed by atoms with Gasteiger partial charge in [0.2, 0.25) is 0 Å². The first-order valence-electron chi connectivity index (χ1n) is 4.91. The van der Waals surface area contributed by atoms with Crippen LogP contribution in [-0.4, -0.2) is 0 Å². The van der Waals surface area contributed by atoms with E-state index in [1.807, 2.05) is 30.3 Å². The third-order valence-electron chi connectivity index (χ3n) is 2.34. The lowest BCUT2D eigenvalue weighted by atomic mass is 10.0. The highest BCUT2D eigenvalue weighted by atomic mass is 14.2. The molecule has 1 heteroatoms. The Balaban J connectivity index is 2.29. The van der Waals surface area contributed by atoms with E-state index in [4.69, 9.17) is 5.26 Å². The summed E-state index contributed by atoms with van der Waals surface area (Å²) < 4.78 is 0. The van der Waals surface area contributed by atoms with Crippen molar-refractivity contribution in [2.24, 2.45) is 0 Å². The van der Waals surface area contributed by atoms with Crippen molar-refractivity contribution in [1.29, 1.82) is 5.26 Å². The number of nitriles is 1. The van der Waals surface area contributed by atoms with E-state index in [1.165, 1.54) is 11.1 Å². The number of hydrogen-bond acceptors (Lipinski definition) is 1. The summed E-state index contributed by atoms with van der Waals surface area (Å²) in [5.41, 5.74) is 3.47. The van der Waals surface area contributed by atoms with Crippen LogP contribution in [0.4, 0.5) is 0 Å². The molecule has 0 aliphatic rings. The number of nitrogens with zero attached hydrogens (tertiary/aromatic N) is 1. The molecule has 0 unspecified atom stereocenters. The zero-order valence-electron chi connectivity index (χ0n) is 8.35. The number of hydrogen-bond donors (Lipinski definition) is 0. The first-order chi connectivity index (χ1) is 7.40. The Hall–Kier alpha value is -2.07. The third kappa shape index (κ3) is 2.24. The molecule has 0 amide bonds. The molecule has 2 aromatic rings. The summed E-state index contributed by atoms with van der Waals surface area (Å²) in [6, 6.07) is 20.5. The second kappa shape index (κ2) is 4.43.